The van der Waals surface area contributed by atoms with Gasteiger partial charge >= 0.3 is 0 Å². The van der Waals surface area contributed by atoms with Crippen molar-refractivity contribution in [1.29, 1.82) is 0 Å². The molecule has 2 N–H and O–H groups in total. The van der Waals surface area contributed by atoms with Gasteiger partial charge in [0, 0.05) is 0 Å². The number of nitrogens with zero attached hydrogens (tertiary/aromatic N) is 1. The van der Waals surface area contributed by atoms with E-state index in [0.717, 1.165) is 19.4 Å². The van der Waals surface area contributed by atoms with Gasteiger partial charge in [0.15, 0.2) is 0 Å². The fourth-order valence-electron chi connectivity index (χ4n) is 2.21. The number of nitrogens with one attached hydrogen (secondary N) is 1. The molecule has 0 radical (unpaired) electrons. The molecule has 0 aromatic heterocycles. The summed E-state index contributed by atoms with van der Waals surface area (Å²) in [5, 5.41) is 12.7. The summed E-state index contributed by atoms with van der Waals surface area (Å²) >= 11 is 0. The van der Waals surface area contributed by atoms with E-state index < -0.39 is 5.60 Å². The molecular weight excluding hydrogens is 180 g/mol. The smallest absolute Gasteiger partial charge is 0.239 e. The molecule has 0 aromatic carbocycles. The number of piperidine rings is 1. The lowest BCUT2D eigenvalue weighted by atomic mass is 9.94. The van der Waals surface area contributed by atoms with Gasteiger partial charge in [-0.3, -0.25) is 4.79 Å². The van der Waals surface area contributed by atoms with E-state index in [9.17, 15) is 9.90 Å². The minimum Gasteiger partial charge on any atom is -0.386 e. The van der Waals surface area contributed by atoms with Crippen molar-refractivity contribution < 1.29 is 9.90 Å². The zero-order valence-electron chi connectivity index (χ0n) is 8.62. The highest BCUT2D eigenvalue weighted by atomic mass is 16.3. The van der Waals surface area contributed by atoms with Crippen molar-refractivity contribution in [2.24, 2.45) is 0 Å². The monoisotopic (exact) mass is 198 g/mol. The Morgan fingerprint density at radius 3 is 2.71 bits per heavy atom. The van der Waals surface area contributed by atoms with Crippen molar-refractivity contribution in [3.8, 4) is 0 Å². The first-order valence-corrected chi connectivity index (χ1v) is 5.33. The van der Waals surface area contributed by atoms with Crippen LogP contribution in [0.4, 0.5) is 0 Å². The van der Waals surface area contributed by atoms with Crippen molar-refractivity contribution in [3.63, 3.8) is 0 Å². The third kappa shape index (κ3) is 1.91. The van der Waals surface area contributed by atoms with E-state index in [-0.39, 0.29) is 11.9 Å². The van der Waals surface area contributed by atoms with Crippen molar-refractivity contribution in [3.05, 3.63) is 0 Å². The molecule has 2 aliphatic rings. The van der Waals surface area contributed by atoms with Crippen LogP contribution in [0.15, 0.2) is 0 Å². The fourth-order valence-corrected chi connectivity index (χ4v) is 2.21. The summed E-state index contributed by atoms with van der Waals surface area (Å²) in [5.41, 5.74) is -0.648. The van der Waals surface area contributed by atoms with Crippen LogP contribution in [0.2, 0.25) is 0 Å². The number of hydrogen-bond acceptors (Lipinski definition) is 3. The van der Waals surface area contributed by atoms with Gasteiger partial charge in [0.2, 0.25) is 5.91 Å². The predicted molar refractivity (Wildman–Crippen MR) is 52.8 cm³/mol. The molecule has 1 amide bonds. The maximum Gasteiger partial charge on any atom is 0.239 e. The second kappa shape index (κ2) is 3.51. The molecule has 14 heavy (non-hydrogen) atoms. The predicted octanol–water partition coefficient (Wildman–Crippen LogP) is -0.278. The van der Waals surface area contributed by atoms with E-state index in [1.807, 2.05) is 0 Å². The second-order valence-electron chi connectivity index (χ2n) is 4.69. The maximum absolute atomic E-state index is 11.8. The molecule has 2 heterocycles. The lowest BCUT2D eigenvalue weighted by molar-refractivity contribution is -0.155. The first-order valence-electron chi connectivity index (χ1n) is 5.33. The zero-order valence-corrected chi connectivity index (χ0v) is 8.62. The van der Waals surface area contributed by atoms with Crippen LogP contribution >= 0.6 is 0 Å². The van der Waals surface area contributed by atoms with Crippen LogP contribution < -0.4 is 5.32 Å². The van der Waals surface area contributed by atoms with Gasteiger partial charge < -0.3 is 15.3 Å². The molecule has 2 saturated heterocycles. The Labute approximate surface area is 84.3 Å². The second-order valence-corrected chi connectivity index (χ2v) is 4.69. The van der Waals surface area contributed by atoms with Crippen LogP contribution in [0.3, 0.4) is 0 Å². The summed E-state index contributed by atoms with van der Waals surface area (Å²) < 4.78 is 0. The van der Waals surface area contributed by atoms with E-state index in [0.29, 0.717) is 13.1 Å². The summed E-state index contributed by atoms with van der Waals surface area (Å²) in [7, 11) is 0. The number of hydrogen-bond donors (Lipinski definition) is 2. The van der Waals surface area contributed by atoms with E-state index in [2.05, 4.69) is 5.32 Å². The van der Waals surface area contributed by atoms with Crippen molar-refractivity contribution in [2.75, 3.05) is 19.6 Å². The minimum absolute atomic E-state index is 0.000139. The summed E-state index contributed by atoms with van der Waals surface area (Å²) in [4.78, 5) is 13.6. The third-order valence-electron chi connectivity index (χ3n) is 2.98. The van der Waals surface area contributed by atoms with Crippen molar-refractivity contribution in [2.45, 2.75) is 37.8 Å². The Hall–Kier alpha value is -0.610. The molecule has 0 aromatic rings. The number of rotatable bonds is 1. The van der Waals surface area contributed by atoms with E-state index in [1.165, 1.54) is 6.42 Å². The molecule has 4 nitrogen and oxygen atoms in total. The zero-order chi connectivity index (χ0) is 10.2. The van der Waals surface area contributed by atoms with Crippen molar-refractivity contribution in [1.82, 2.24) is 10.2 Å². The molecule has 0 unspecified atom stereocenters. The molecule has 0 aliphatic carbocycles. The van der Waals surface area contributed by atoms with Gasteiger partial charge in [0.25, 0.3) is 0 Å². The molecule has 2 fully saturated rings. The summed E-state index contributed by atoms with van der Waals surface area (Å²) in [6.07, 6.45) is 3.24. The molecular formula is C10H18N2O2. The number of carbonyl (C=O) groups is 1. The van der Waals surface area contributed by atoms with Gasteiger partial charge in [-0.25, -0.2) is 0 Å². The molecule has 0 spiro atoms. The van der Waals surface area contributed by atoms with E-state index in [1.54, 1.807) is 11.8 Å². The highest BCUT2D eigenvalue weighted by molar-refractivity contribution is 5.83. The summed E-state index contributed by atoms with van der Waals surface area (Å²) in [6, 6.07) is -0.000139. The largest absolute Gasteiger partial charge is 0.386 e. The van der Waals surface area contributed by atoms with Crippen LogP contribution in [0.25, 0.3) is 0 Å². The number of β-amino-alcohol motifs (C(OH)–C–C–N with tert-alkyl or cyclic N) is 1. The van der Waals surface area contributed by atoms with Crippen molar-refractivity contribution >= 4 is 5.91 Å². The topological polar surface area (TPSA) is 52.6 Å². The van der Waals surface area contributed by atoms with Crippen LogP contribution in [0, 0.1) is 0 Å². The molecule has 0 saturated carbocycles. The Morgan fingerprint density at radius 1 is 1.50 bits per heavy atom. The minimum atomic E-state index is -0.648. The molecule has 2 rings (SSSR count). The van der Waals surface area contributed by atoms with Crippen LogP contribution in [-0.2, 0) is 4.79 Å². The summed E-state index contributed by atoms with van der Waals surface area (Å²) in [5.74, 6) is 0.163. The highest BCUT2D eigenvalue weighted by Gasteiger charge is 2.41. The summed E-state index contributed by atoms with van der Waals surface area (Å²) in [6.45, 7) is 3.69. The quantitative estimate of drug-likeness (QED) is 0.609. The first kappa shape index (κ1) is 9.93. The van der Waals surface area contributed by atoms with Gasteiger partial charge in [-0.15, -0.1) is 0 Å². The number of likely N-dealkylation sites (tertiary alicyclic amines) is 1. The third-order valence-corrected chi connectivity index (χ3v) is 2.98. The molecule has 0 bridgehead atoms. The number of amides is 1. The van der Waals surface area contributed by atoms with Crippen LogP contribution in [0.1, 0.15) is 26.2 Å². The van der Waals surface area contributed by atoms with Gasteiger partial charge in [-0.2, -0.15) is 0 Å². The highest BCUT2D eigenvalue weighted by Crippen LogP contribution is 2.22. The van der Waals surface area contributed by atoms with Gasteiger partial charge in [0.1, 0.15) is 0 Å². The van der Waals surface area contributed by atoms with Crippen LogP contribution in [0.5, 0.6) is 0 Å². The Morgan fingerprint density at radius 2 is 2.21 bits per heavy atom. The maximum atomic E-state index is 11.8. The fraction of sp³-hybridized carbons (Fsp3) is 0.900. The Balaban J connectivity index is 1.84. The van der Waals surface area contributed by atoms with Gasteiger partial charge in [0.05, 0.1) is 24.7 Å². The van der Waals surface area contributed by atoms with Gasteiger partial charge in [-0.05, 0) is 26.3 Å². The Kier molecular flexibility index (Phi) is 2.49. The number of carbonyl (C=O) groups excluding carboxylic acids is 1. The van der Waals surface area contributed by atoms with Crippen LogP contribution in [-0.4, -0.2) is 47.2 Å². The molecule has 2 aliphatic heterocycles. The van der Waals surface area contributed by atoms with Gasteiger partial charge in [-0.1, -0.05) is 6.42 Å². The first-order chi connectivity index (χ1) is 6.58. The molecule has 80 valence electrons. The molecule has 1 atom stereocenters. The SMILES string of the molecule is CC1(O)CN(C(=O)[C@@H]2CCCCN2)C1. The average Bonchev–Trinajstić information content (AvgIpc) is 2.14. The Bertz CT molecular complexity index is 226. The standard InChI is InChI=1S/C10H18N2O2/c1-10(14)6-12(7-10)9(13)8-4-2-3-5-11-8/h8,11,14H,2-7H2,1H3/t8-/m0/s1. The van der Waals surface area contributed by atoms with E-state index >= 15 is 0 Å². The number of aliphatic hydroxyl groups is 1. The average molecular weight is 198 g/mol. The molecule has 4 heteroatoms. The lowest BCUT2D eigenvalue weighted by Gasteiger charge is -2.45. The lowest BCUT2D eigenvalue weighted by Crippen LogP contribution is -2.65. The van der Waals surface area contributed by atoms with E-state index in [4.69, 9.17) is 0 Å². The normalized spacial score (nSPS) is 31.0.